The van der Waals surface area contributed by atoms with Crippen LogP contribution in [-0.2, 0) is 0 Å². The van der Waals surface area contributed by atoms with E-state index in [2.05, 4.69) is 22.9 Å². The summed E-state index contributed by atoms with van der Waals surface area (Å²) in [5, 5.41) is 10.0. The van der Waals surface area contributed by atoms with E-state index in [4.69, 9.17) is 4.74 Å². The molecule has 2 unspecified atom stereocenters. The van der Waals surface area contributed by atoms with Crippen LogP contribution < -0.4 is 4.74 Å². The number of carbonyl (C=O) groups is 1. The normalized spacial score (nSPS) is 23.2. The third kappa shape index (κ3) is 2.86. The summed E-state index contributed by atoms with van der Waals surface area (Å²) in [5.74, 6) is 0.519. The molecular weight excluding hydrogens is 310 g/mol. The van der Waals surface area contributed by atoms with Gasteiger partial charge >= 0.3 is 0 Å². The molecule has 0 aliphatic carbocycles. The van der Waals surface area contributed by atoms with E-state index >= 15 is 0 Å². The number of hydrogen-bond acceptors (Lipinski definition) is 3. The van der Waals surface area contributed by atoms with Crippen molar-refractivity contribution in [1.29, 1.82) is 0 Å². The number of ether oxygens (including phenoxy) is 1. The molecule has 5 heteroatoms. The van der Waals surface area contributed by atoms with E-state index in [1.807, 2.05) is 0 Å². The summed E-state index contributed by atoms with van der Waals surface area (Å²) in [6.07, 6.45) is 0.928. The number of aromatic hydroxyl groups is 1. The lowest BCUT2D eigenvalue weighted by Gasteiger charge is -2.34. The zero-order valence-electron chi connectivity index (χ0n) is 11.1. The maximum absolute atomic E-state index is 12.4. The monoisotopic (exact) mass is 327 g/mol. The first-order chi connectivity index (χ1) is 9.04. The highest BCUT2D eigenvalue weighted by molar-refractivity contribution is 9.09. The molecule has 0 bridgehead atoms. The van der Waals surface area contributed by atoms with Gasteiger partial charge in [-0.25, -0.2) is 0 Å². The number of rotatable bonds is 2. The lowest BCUT2D eigenvalue weighted by Crippen LogP contribution is -2.43. The first-order valence-electron chi connectivity index (χ1n) is 6.34. The minimum Gasteiger partial charge on any atom is -0.504 e. The largest absolute Gasteiger partial charge is 0.504 e. The molecule has 4 nitrogen and oxygen atoms in total. The van der Waals surface area contributed by atoms with Gasteiger partial charge in [0, 0.05) is 17.9 Å². The van der Waals surface area contributed by atoms with Crippen LogP contribution in [0, 0.1) is 5.92 Å². The van der Waals surface area contributed by atoms with Crippen molar-refractivity contribution in [3.63, 3.8) is 0 Å². The van der Waals surface area contributed by atoms with E-state index < -0.39 is 0 Å². The molecule has 0 aromatic heterocycles. The van der Waals surface area contributed by atoms with Gasteiger partial charge in [-0.15, -0.1) is 0 Å². The number of likely N-dealkylation sites (tertiary alicyclic amines) is 1. The van der Waals surface area contributed by atoms with Gasteiger partial charge < -0.3 is 14.7 Å². The Hall–Kier alpha value is -1.23. The first-order valence-corrected chi connectivity index (χ1v) is 7.25. The van der Waals surface area contributed by atoms with E-state index in [-0.39, 0.29) is 11.7 Å². The predicted molar refractivity (Wildman–Crippen MR) is 77.1 cm³/mol. The molecule has 1 amide bonds. The average Bonchev–Trinajstić information content (AvgIpc) is 2.41. The number of amides is 1. The fourth-order valence-corrected chi connectivity index (χ4v) is 2.70. The van der Waals surface area contributed by atoms with Crippen LogP contribution in [0.1, 0.15) is 23.7 Å². The van der Waals surface area contributed by atoms with Gasteiger partial charge in [0.15, 0.2) is 11.5 Å². The van der Waals surface area contributed by atoms with E-state index in [9.17, 15) is 9.90 Å². The molecule has 1 saturated heterocycles. The van der Waals surface area contributed by atoms with Crippen LogP contribution in [0.2, 0.25) is 0 Å². The Labute approximate surface area is 121 Å². The standard InChI is InChI=1S/C14H18BrNO3/c1-9-8-16(7-6-11(9)15)14(18)10-4-3-5-12(19-2)13(10)17/h3-5,9,11,17H,6-8H2,1-2H3. The Morgan fingerprint density at radius 1 is 1.53 bits per heavy atom. The lowest BCUT2D eigenvalue weighted by molar-refractivity contribution is 0.0687. The number of para-hydroxylation sites is 1. The number of methoxy groups -OCH3 is 1. The van der Waals surface area contributed by atoms with Crippen LogP contribution in [0.25, 0.3) is 0 Å². The van der Waals surface area contributed by atoms with Crippen molar-refractivity contribution in [3.8, 4) is 11.5 Å². The molecule has 1 heterocycles. The number of benzene rings is 1. The number of piperidine rings is 1. The van der Waals surface area contributed by atoms with Crippen molar-refractivity contribution in [2.75, 3.05) is 20.2 Å². The van der Waals surface area contributed by atoms with Crippen LogP contribution in [0.4, 0.5) is 0 Å². The Balaban J connectivity index is 2.20. The molecule has 1 aromatic carbocycles. The molecule has 19 heavy (non-hydrogen) atoms. The average molecular weight is 328 g/mol. The maximum atomic E-state index is 12.4. The van der Waals surface area contributed by atoms with Gasteiger partial charge in [-0.1, -0.05) is 28.9 Å². The number of halogens is 1. The van der Waals surface area contributed by atoms with Gasteiger partial charge in [-0.3, -0.25) is 4.79 Å². The fourth-order valence-electron chi connectivity index (χ4n) is 2.33. The highest BCUT2D eigenvalue weighted by Crippen LogP contribution is 2.32. The topological polar surface area (TPSA) is 49.8 Å². The van der Waals surface area contributed by atoms with Gasteiger partial charge in [-0.05, 0) is 24.5 Å². The number of alkyl halides is 1. The number of phenolic OH excluding ortho intramolecular Hbond substituents is 1. The summed E-state index contributed by atoms with van der Waals surface area (Å²) < 4.78 is 5.03. The van der Waals surface area contributed by atoms with Crippen molar-refractivity contribution >= 4 is 21.8 Å². The fraction of sp³-hybridized carbons (Fsp3) is 0.500. The second-order valence-electron chi connectivity index (χ2n) is 4.89. The van der Waals surface area contributed by atoms with E-state index in [1.165, 1.54) is 7.11 Å². The molecule has 1 N–H and O–H groups in total. The Morgan fingerprint density at radius 3 is 2.89 bits per heavy atom. The zero-order chi connectivity index (χ0) is 14.0. The van der Waals surface area contributed by atoms with Gasteiger partial charge in [0.1, 0.15) is 0 Å². The predicted octanol–water partition coefficient (Wildman–Crippen LogP) is 2.65. The van der Waals surface area contributed by atoms with Crippen LogP contribution in [0.3, 0.4) is 0 Å². The van der Waals surface area contributed by atoms with Crippen molar-refractivity contribution in [3.05, 3.63) is 23.8 Å². The minimum atomic E-state index is -0.136. The smallest absolute Gasteiger partial charge is 0.257 e. The number of carbonyl (C=O) groups excluding carboxylic acids is 1. The molecular formula is C14H18BrNO3. The molecule has 1 aliphatic rings. The van der Waals surface area contributed by atoms with Crippen molar-refractivity contribution in [2.24, 2.45) is 5.92 Å². The Kier molecular flexibility index (Phi) is 4.34. The van der Waals surface area contributed by atoms with Crippen LogP contribution in [0.15, 0.2) is 18.2 Å². The van der Waals surface area contributed by atoms with E-state index in [0.29, 0.717) is 35.1 Å². The number of phenols is 1. The first kappa shape index (κ1) is 14.2. The quantitative estimate of drug-likeness (QED) is 0.849. The minimum absolute atomic E-state index is 0.0800. The summed E-state index contributed by atoms with van der Waals surface area (Å²) in [6, 6.07) is 4.98. The number of nitrogens with zero attached hydrogens (tertiary/aromatic N) is 1. The molecule has 104 valence electrons. The lowest BCUT2D eigenvalue weighted by atomic mass is 9.99. The van der Waals surface area contributed by atoms with E-state index in [0.717, 1.165) is 6.42 Å². The highest BCUT2D eigenvalue weighted by Gasteiger charge is 2.29. The highest BCUT2D eigenvalue weighted by atomic mass is 79.9. The van der Waals surface area contributed by atoms with Crippen LogP contribution >= 0.6 is 15.9 Å². The van der Waals surface area contributed by atoms with Crippen molar-refractivity contribution in [1.82, 2.24) is 4.90 Å². The van der Waals surface area contributed by atoms with Gasteiger partial charge in [-0.2, -0.15) is 0 Å². The number of hydrogen-bond donors (Lipinski definition) is 1. The third-order valence-corrected chi connectivity index (χ3v) is 4.90. The van der Waals surface area contributed by atoms with Crippen LogP contribution in [0.5, 0.6) is 11.5 Å². The zero-order valence-corrected chi connectivity index (χ0v) is 12.7. The molecule has 0 radical (unpaired) electrons. The van der Waals surface area contributed by atoms with Crippen LogP contribution in [-0.4, -0.2) is 40.9 Å². The SMILES string of the molecule is COc1cccc(C(=O)N2CCC(Br)C(C)C2)c1O. The Morgan fingerprint density at radius 2 is 2.26 bits per heavy atom. The summed E-state index contributed by atoms with van der Waals surface area (Å²) in [4.78, 5) is 14.7. The maximum Gasteiger partial charge on any atom is 0.257 e. The van der Waals surface area contributed by atoms with Gasteiger partial charge in [0.05, 0.1) is 12.7 Å². The van der Waals surface area contributed by atoms with Gasteiger partial charge in [0.25, 0.3) is 5.91 Å². The second kappa shape index (κ2) is 5.82. The molecule has 0 saturated carbocycles. The third-order valence-electron chi connectivity index (χ3n) is 3.54. The Bertz CT molecular complexity index is 478. The second-order valence-corrected chi connectivity index (χ2v) is 6.07. The summed E-state index contributed by atoms with van der Waals surface area (Å²) >= 11 is 3.62. The molecule has 1 aromatic rings. The summed E-state index contributed by atoms with van der Waals surface area (Å²) in [7, 11) is 1.47. The molecule has 0 spiro atoms. The van der Waals surface area contributed by atoms with E-state index in [1.54, 1.807) is 23.1 Å². The molecule has 1 fully saturated rings. The molecule has 2 atom stereocenters. The van der Waals surface area contributed by atoms with Gasteiger partial charge in [0.2, 0.25) is 0 Å². The molecule has 1 aliphatic heterocycles. The van der Waals surface area contributed by atoms with Crippen molar-refractivity contribution < 1.29 is 14.6 Å². The van der Waals surface area contributed by atoms with Crippen molar-refractivity contribution in [2.45, 2.75) is 18.2 Å². The summed E-state index contributed by atoms with van der Waals surface area (Å²) in [5.41, 5.74) is 0.305. The molecule has 2 rings (SSSR count). The summed E-state index contributed by atoms with van der Waals surface area (Å²) in [6.45, 7) is 3.52.